The molecular weight excluding hydrogens is 623 g/mol. The molecule has 0 bridgehead atoms. The number of hydrogen-bond acceptors (Lipinski definition) is 4. The van der Waals surface area contributed by atoms with Gasteiger partial charge in [0.2, 0.25) is 5.91 Å². The number of amides is 2. The van der Waals surface area contributed by atoms with Gasteiger partial charge < -0.3 is 14.7 Å². The lowest BCUT2D eigenvalue weighted by Gasteiger charge is -2.39. The number of carbonyl (C=O) groups excluding carboxylic acids is 2. The molecule has 0 N–H and O–H groups in total. The van der Waals surface area contributed by atoms with E-state index in [1.165, 1.54) is 11.1 Å². The summed E-state index contributed by atoms with van der Waals surface area (Å²) >= 11 is 3.50. The van der Waals surface area contributed by atoms with E-state index in [-0.39, 0.29) is 36.1 Å². The van der Waals surface area contributed by atoms with Crippen molar-refractivity contribution in [1.82, 2.24) is 19.7 Å². The Morgan fingerprint density at radius 1 is 0.878 bits per heavy atom. The molecule has 2 amide bonds. The van der Waals surface area contributed by atoms with Crippen LogP contribution in [0, 0.1) is 11.3 Å². The number of nitrogens with zero attached hydrogens (tertiary/aromatic N) is 4. The van der Waals surface area contributed by atoms with Crippen LogP contribution in [0.3, 0.4) is 0 Å². The predicted octanol–water partition coefficient (Wildman–Crippen LogP) is 6.06. The molecule has 3 fully saturated rings. The fourth-order valence-corrected chi connectivity index (χ4v) is 7.05. The summed E-state index contributed by atoms with van der Waals surface area (Å²) in [5.74, 6) is 1.09. The lowest BCUT2D eigenvalue weighted by Crippen LogP contribution is -2.46. The lowest BCUT2D eigenvalue weighted by molar-refractivity contribution is -0.139. The van der Waals surface area contributed by atoms with Crippen LogP contribution >= 0.6 is 40.7 Å². The Balaban J connectivity index is 0.00000194. The van der Waals surface area contributed by atoms with Gasteiger partial charge >= 0.3 is 0 Å². The number of hydrogen-bond donors (Lipinski definition) is 0. The fraction of sp³-hybridized carbons (Fsp3) is 0.406. The molecule has 4 heterocycles. The summed E-state index contributed by atoms with van der Waals surface area (Å²) in [6.07, 6.45) is 6.17. The van der Waals surface area contributed by atoms with E-state index in [4.69, 9.17) is 0 Å². The standard InChI is InChI=1S/C32H35BrN4O2.2ClH/c33-28-8-6-24(7-9-28)20-36-19-14-32(31(36)39)12-17-35(18-13-32)21-27-22-37(30(38)26-10-15-34-16-11-26)23-29(27)25-4-2-1-3-5-25;;/h1-11,15-16,27,29H,12-14,17-23H2;2*1H. The Morgan fingerprint density at radius 2 is 1.54 bits per heavy atom. The molecule has 41 heavy (non-hydrogen) atoms. The third-order valence-corrected chi connectivity index (χ3v) is 9.61. The third kappa shape index (κ3) is 6.80. The SMILES string of the molecule is Cl.Cl.O=C(c1ccncc1)N1CC(CN2CCC3(CC2)CCN(Cc2ccc(Br)cc2)C3=O)C(c2ccccc2)C1. The summed E-state index contributed by atoms with van der Waals surface area (Å²) in [6.45, 7) is 5.85. The highest BCUT2D eigenvalue weighted by Crippen LogP contribution is 2.43. The van der Waals surface area contributed by atoms with Gasteiger partial charge in [0.05, 0.1) is 5.41 Å². The first-order valence-electron chi connectivity index (χ1n) is 14.0. The molecule has 2 atom stereocenters. The molecular formula is C32H37BrCl2N4O2. The molecule has 3 aromatic rings. The average molecular weight is 660 g/mol. The number of pyridine rings is 1. The van der Waals surface area contributed by atoms with E-state index < -0.39 is 0 Å². The zero-order valence-electron chi connectivity index (χ0n) is 23.0. The van der Waals surface area contributed by atoms with Crippen LogP contribution in [-0.2, 0) is 11.3 Å². The summed E-state index contributed by atoms with van der Waals surface area (Å²) in [5, 5.41) is 0. The first-order chi connectivity index (χ1) is 19.0. The molecule has 3 saturated heterocycles. The molecule has 6 rings (SSSR count). The van der Waals surface area contributed by atoms with E-state index >= 15 is 0 Å². The van der Waals surface area contributed by atoms with Crippen LogP contribution in [0.25, 0.3) is 0 Å². The molecule has 3 aliphatic rings. The van der Waals surface area contributed by atoms with Gasteiger partial charge in [-0.15, -0.1) is 24.8 Å². The van der Waals surface area contributed by atoms with Crippen molar-refractivity contribution in [2.24, 2.45) is 11.3 Å². The van der Waals surface area contributed by atoms with Gasteiger partial charge in [-0.05, 0) is 73.7 Å². The Labute approximate surface area is 263 Å². The van der Waals surface area contributed by atoms with Crippen molar-refractivity contribution in [3.8, 4) is 0 Å². The van der Waals surface area contributed by atoms with Gasteiger partial charge in [-0.2, -0.15) is 0 Å². The highest BCUT2D eigenvalue weighted by Gasteiger charge is 2.48. The van der Waals surface area contributed by atoms with E-state index in [0.29, 0.717) is 29.9 Å². The Bertz CT molecular complexity index is 1300. The second-order valence-electron chi connectivity index (χ2n) is 11.4. The normalized spacial score (nSPS) is 21.9. The maximum atomic E-state index is 13.5. The van der Waals surface area contributed by atoms with E-state index in [1.807, 2.05) is 17.0 Å². The van der Waals surface area contributed by atoms with Crippen LogP contribution in [0.5, 0.6) is 0 Å². The molecule has 0 aliphatic carbocycles. The summed E-state index contributed by atoms with van der Waals surface area (Å²) < 4.78 is 1.06. The van der Waals surface area contributed by atoms with Crippen molar-refractivity contribution >= 4 is 52.6 Å². The summed E-state index contributed by atoms with van der Waals surface area (Å²) in [4.78, 5) is 37.5. The van der Waals surface area contributed by atoms with Crippen LogP contribution in [0.4, 0.5) is 0 Å². The second-order valence-corrected chi connectivity index (χ2v) is 12.3. The summed E-state index contributed by atoms with van der Waals surface area (Å²) in [6, 6.07) is 22.5. The zero-order valence-corrected chi connectivity index (χ0v) is 26.3. The Kier molecular flexibility index (Phi) is 10.5. The minimum absolute atomic E-state index is 0. The molecule has 6 nitrogen and oxygen atoms in total. The predicted molar refractivity (Wildman–Crippen MR) is 170 cm³/mol. The third-order valence-electron chi connectivity index (χ3n) is 9.08. The van der Waals surface area contributed by atoms with Crippen LogP contribution in [0.1, 0.15) is 46.7 Å². The van der Waals surface area contributed by atoms with E-state index in [2.05, 4.69) is 73.2 Å². The zero-order chi connectivity index (χ0) is 26.8. The van der Waals surface area contributed by atoms with Crippen molar-refractivity contribution in [1.29, 1.82) is 0 Å². The number of benzene rings is 2. The average Bonchev–Trinajstić information content (AvgIpc) is 3.53. The van der Waals surface area contributed by atoms with Gasteiger partial charge in [-0.1, -0.05) is 58.4 Å². The minimum atomic E-state index is -0.205. The molecule has 0 saturated carbocycles. The maximum Gasteiger partial charge on any atom is 0.253 e. The Morgan fingerprint density at radius 3 is 2.22 bits per heavy atom. The molecule has 2 unspecified atom stereocenters. The highest BCUT2D eigenvalue weighted by atomic mass is 79.9. The number of rotatable bonds is 6. The van der Waals surface area contributed by atoms with Crippen molar-refractivity contribution in [3.05, 3.63) is 100 Å². The largest absolute Gasteiger partial charge is 0.338 e. The van der Waals surface area contributed by atoms with E-state index in [0.717, 1.165) is 63.0 Å². The Hall–Kier alpha value is -2.45. The number of halogens is 3. The molecule has 3 aliphatic heterocycles. The van der Waals surface area contributed by atoms with Crippen LogP contribution in [-0.4, -0.2) is 70.8 Å². The van der Waals surface area contributed by atoms with Gasteiger partial charge in [0.1, 0.15) is 0 Å². The van der Waals surface area contributed by atoms with Crippen molar-refractivity contribution in [2.75, 3.05) is 39.3 Å². The van der Waals surface area contributed by atoms with Gasteiger partial charge in [-0.3, -0.25) is 14.6 Å². The van der Waals surface area contributed by atoms with Crippen molar-refractivity contribution in [3.63, 3.8) is 0 Å². The molecule has 0 radical (unpaired) electrons. The van der Waals surface area contributed by atoms with Gasteiger partial charge in [0.25, 0.3) is 5.91 Å². The quantitative estimate of drug-likeness (QED) is 0.323. The lowest BCUT2D eigenvalue weighted by atomic mass is 9.76. The molecule has 218 valence electrons. The first-order valence-corrected chi connectivity index (χ1v) is 14.8. The number of piperidine rings is 1. The number of carbonyl (C=O) groups is 2. The van der Waals surface area contributed by atoms with Gasteiger partial charge in [0, 0.05) is 61.1 Å². The van der Waals surface area contributed by atoms with Crippen molar-refractivity contribution in [2.45, 2.75) is 31.7 Å². The van der Waals surface area contributed by atoms with Crippen LogP contribution < -0.4 is 0 Å². The topological polar surface area (TPSA) is 56.8 Å². The van der Waals surface area contributed by atoms with E-state index in [9.17, 15) is 9.59 Å². The minimum Gasteiger partial charge on any atom is -0.338 e. The van der Waals surface area contributed by atoms with Crippen LogP contribution in [0.2, 0.25) is 0 Å². The van der Waals surface area contributed by atoms with E-state index in [1.54, 1.807) is 24.5 Å². The highest BCUT2D eigenvalue weighted by molar-refractivity contribution is 9.10. The van der Waals surface area contributed by atoms with Crippen LogP contribution in [0.15, 0.2) is 83.6 Å². The van der Waals surface area contributed by atoms with Gasteiger partial charge in [-0.25, -0.2) is 0 Å². The second kappa shape index (κ2) is 13.7. The van der Waals surface area contributed by atoms with Gasteiger partial charge in [0.15, 0.2) is 0 Å². The molecule has 1 aromatic heterocycles. The monoisotopic (exact) mass is 658 g/mol. The molecule has 9 heteroatoms. The molecule has 1 spiro atoms. The summed E-state index contributed by atoms with van der Waals surface area (Å²) in [5.41, 5.74) is 2.98. The summed E-state index contributed by atoms with van der Waals surface area (Å²) in [7, 11) is 0. The molecule has 2 aromatic carbocycles. The van der Waals surface area contributed by atoms with Crippen molar-refractivity contribution < 1.29 is 9.59 Å². The fourth-order valence-electron chi connectivity index (χ4n) is 6.79. The smallest absolute Gasteiger partial charge is 0.253 e. The maximum absolute atomic E-state index is 13.5. The first kappa shape index (κ1) is 31.5. The number of likely N-dealkylation sites (tertiary alicyclic amines) is 3. The number of aromatic nitrogens is 1.